The maximum absolute atomic E-state index is 12.0. The first kappa shape index (κ1) is 13.3. The second-order valence-corrected chi connectivity index (χ2v) is 4.96. The average Bonchev–Trinajstić information content (AvgIpc) is 2.85. The molecule has 3 rings (SSSR count). The second kappa shape index (κ2) is 5.35. The number of carbonyl (C=O) groups excluding carboxylic acids is 2. The molecule has 1 fully saturated rings. The molecule has 0 saturated carbocycles. The Morgan fingerprint density at radius 2 is 2.05 bits per heavy atom. The van der Waals surface area contributed by atoms with Gasteiger partial charge in [0.05, 0.1) is 5.92 Å². The van der Waals surface area contributed by atoms with Gasteiger partial charge in [0.25, 0.3) is 5.91 Å². The van der Waals surface area contributed by atoms with Gasteiger partial charge in [-0.1, -0.05) is 5.16 Å². The van der Waals surface area contributed by atoms with Crippen LogP contribution in [-0.2, 0) is 4.79 Å². The number of hydrogen-bond donors (Lipinski definition) is 1. The number of carbonyl (C=O) groups is 2. The Balaban J connectivity index is 1.53. The van der Waals surface area contributed by atoms with E-state index in [0.29, 0.717) is 24.5 Å². The van der Waals surface area contributed by atoms with Crippen molar-refractivity contribution in [2.45, 2.75) is 6.92 Å². The van der Waals surface area contributed by atoms with Crippen LogP contribution >= 0.6 is 0 Å². The Kier molecular flexibility index (Phi) is 3.39. The van der Waals surface area contributed by atoms with E-state index in [2.05, 4.69) is 15.5 Å². The molecule has 0 bridgehead atoms. The van der Waals surface area contributed by atoms with Crippen LogP contribution in [0.1, 0.15) is 16.2 Å². The summed E-state index contributed by atoms with van der Waals surface area (Å²) >= 11 is 0. The minimum atomic E-state index is -0.209. The molecule has 1 aliphatic heterocycles. The number of pyridine rings is 1. The second-order valence-electron chi connectivity index (χ2n) is 4.96. The topological polar surface area (TPSA) is 88.3 Å². The molecule has 0 atom stereocenters. The Labute approximate surface area is 120 Å². The normalized spacial score (nSPS) is 14.6. The molecule has 7 heteroatoms. The number of likely N-dealkylation sites (tertiary alicyclic amines) is 1. The first-order valence-corrected chi connectivity index (χ1v) is 6.57. The lowest BCUT2D eigenvalue weighted by atomic mass is 9.98. The van der Waals surface area contributed by atoms with Crippen LogP contribution in [0, 0.1) is 12.8 Å². The van der Waals surface area contributed by atoms with Crippen LogP contribution in [-0.4, -0.2) is 39.9 Å². The zero-order valence-corrected chi connectivity index (χ0v) is 11.4. The first-order chi connectivity index (χ1) is 10.1. The monoisotopic (exact) mass is 286 g/mol. The third-order valence-electron chi connectivity index (χ3n) is 3.33. The van der Waals surface area contributed by atoms with E-state index < -0.39 is 0 Å². The third kappa shape index (κ3) is 2.76. The number of nitrogens with one attached hydrogen (secondary N) is 1. The van der Waals surface area contributed by atoms with Crippen LogP contribution < -0.4 is 5.32 Å². The fourth-order valence-electron chi connectivity index (χ4n) is 2.12. The highest BCUT2D eigenvalue weighted by atomic mass is 16.5. The summed E-state index contributed by atoms with van der Waals surface area (Å²) in [6, 6.07) is 5.03. The molecule has 108 valence electrons. The largest absolute Gasteiger partial charge is 0.361 e. The third-order valence-corrected chi connectivity index (χ3v) is 3.33. The zero-order valence-electron chi connectivity index (χ0n) is 11.4. The summed E-state index contributed by atoms with van der Waals surface area (Å²) in [6.45, 7) is 2.51. The van der Waals surface area contributed by atoms with Gasteiger partial charge in [0.1, 0.15) is 5.76 Å². The van der Waals surface area contributed by atoms with E-state index in [4.69, 9.17) is 4.52 Å². The molecule has 21 heavy (non-hydrogen) atoms. The van der Waals surface area contributed by atoms with Crippen molar-refractivity contribution in [2.24, 2.45) is 5.92 Å². The fourth-order valence-corrected chi connectivity index (χ4v) is 2.12. The van der Waals surface area contributed by atoms with E-state index in [1.54, 1.807) is 42.4 Å². The van der Waals surface area contributed by atoms with Gasteiger partial charge in [-0.05, 0) is 19.1 Å². The molecule has 1 saturated heterocycles. The fraction of sp³-hybridized carbons (Fsp3) is 0.286. The summed E-state index contributed by atoms with van der Waals surface area (Å²) in [4.78, 5) is 29.5. The van der Waals surface area contributed by atoms with Gasteiger partial charge in [-0.25, -0.2) is 0 Å². The summed E-state index contributed by atoms with van der Waals surface area (Å²) in [5.74, 6) is 0.0855. The Bertz CT molecular complexity index is 662. The van der Waals surface area contributed by atoms with Crippen molar-refractivity contribution in [1.82, 2.24) is 15.0 Å². The molecular weight excluding hydrogens is 272 g/mol. The molecule has 0 aliphatic carbocycles. The Morgan fingerprint density at radius 1 is 1.33 bits per heavy atom. The molecule has 3 heterocycles. The lowest BCUT2D eigenvalue weighted by Crippen LogP contribution is -2.54. The lowest BCUT2D eigenvalue weighted by molar-refractivity contribution is -0.123. The Hall–Kier alpha value is -2.70. The number of rotatable bonds is 3. The molecule has 1 N–H and O–H groups in total. The molecule has 0 radical (unpaired) electrons. The van der Waals surface area contributed by atoms with E-state index in [9.17, 15) is 9.59 Å². The number of aromatic nitrogens is 2. The van der Waals surface area contributed by atoms with Crippen LogP contribution in [0.5, 0.6) is 0 Å². The van der Waals surface area contributed by atoms with Gasteiger partial charge in [-0.2, -0.15) is 0 Å². The maximum Gasteiger partial charge on any atom is 0.276 e. The molecule has 0 aromatic carbocycles. The van der Waals surface area contributed by atoms with Crippen molar-refractivity contribution in [3.63, 3.8) is 0 Å². The van der Waals surface area contributed by atoms with Crippen molar-refractivity contribution < 1.29 is 14.1 Å². The molecule has 2 amide bonds. The van der Waals surface area contributed by atoms with E-state index in [1.807, 2.05) is 0 Å². The van der Waals surface area contributed by atoms with Crippen molar-refractivity contribution in [1.29, 1.82) is 0 Å². The van der Waals surface area contributed by atoms with Gasteiger partial charge in [-0.15, -0.1) is 0 Å². The molecular formula is C14H14N4O3. The van der Waals surface area contributed by atoms with E-state index >= 15 is 0 Å². The van der Waals surface area contributed by atoms with Crippen LogP contribution in [0.2, 0.25) is 0 Å². The number of hydrogen-bond acceptors (Lipinski definition) is 5. The van der Waals surface area contributed by atoms with Gasteiger partial charge in [0, 0.05) is 37.2 Å². The highest BCUT2D eigenvalue weighted by molar-refractivity contribution is 5.97. The maximum atomic E-state index is 12.0. The van der Waals surface area contributed by atoms with Crippen LogP contribution in [0.3, 0.4) is 0 Å². The number of aryl methyl sites for hydroxylation is 1. The van der Waals surface area contributed by atoms with E-state index in [-0.39, 0.29) is 23.4 Å². The number of nitrogens with zero attached hydrogens (tertiary/aromatic N) is 3. The number of anilines is 1. The predicted molar refractivity (Wildman–Crippen MR) is 73.5 cm³/mol. The summed E-state index contributed by atoms with van der Waals surface area (Å²) < 4.78 is 4.87. The van der Waals surface area contributed by atoms with Crippen LogP contribution in [0.15, 0.2) is 35.1 Å². The van der Waals surface area contributed by atoms with Gasteiger partial charge in [-0.3, -0.25) is 14.6 Å². The first-order valence-electron chi connectivity index (χ1n) is 6.57. The van der Waals surface area contributed by atoms with Gasteiger partial charge >= 0.3 is 0 Å². The summed E-state index contributed by atoms with van der Waals surface area (Å²) in [6.07, 6.45) is 3.22. The van der Waals surface area contributed by atoms with E-state index in [0.717, 1.165) is 0 Å². The highest BCUT2D eigenvalue weighted by Gasteiger charge is 2.37. The quantitative estimate of drug-likeness (QED) is 0.912. The van der Waals surface area contributed by atoms with Crippen molar-refractivity contribution in [2.75, 3.05) is 18.4 Å². The minimum absolute atomic E-state index is 0.0958. The van der Waals surface area contributed by atoms with Gasteiger partial charge in [0.2, 0.25) is 5.91 Å². The van der Waals surface area contributed by atoms with Crippen molar-refractivity contribution >= 4 is 17.5 Å². The van der Waals surface area contributed by atoms with Crippen LogP contribution in [0.25, 0.3) is 0 Å². The smallest absolute Gasteiger partial charge is 0.276 e. The van der Waals surface area contributed by atoms with Crippen LogP contribution in [0.4, 0.5) is 5.69 Å². The van der Waals surface area contributed by atoms with Gasteiger partial charge < -0.3 is 14.7 Å². The zero-order chi connectivity index (χ0) is 14.8. The standard InChI is InChI=1S/C14H14N4O3/c1-9-6-12(17-21-9)14(20)18-7-10(8-18)13(19)16-11-2-4-15-5-3-11/h2-6,10H,7-8H2,1H3,(H,15,16,19). The predicted octanol–water partition coefficient (Wildman–Crippen LogP) is 1.09. The Morgan fingerprint density at radius 3 is 2.67 bits per heavy atom. The van der Waals surface area contributed by atoms with Crippen molar-refractivity contribution in [3.8, 4) is 0 Å². The number of amides is 2. The minimum Gasteiger partial charge on any atom is -0.361 e. The molecule has 0 spiro atoms. The summed E-state index contributed by atoms with van der Waals surface area (Å²) in [5, 5.41) is 6.48. The highest BCUT2D eigenvalue weighted by Crippen LogP contribution is 2.20. The average molecular weight is 286 g/mol. The SMILES string of the molecule is Cc1cc(C(=O)N2CC(C(=O)Nc3ccncc3)C2)no1. The summed E-state index contributed by atoms with van der Waals surface area (Å²) in [5.41, 5.74) is 0.979. The molecule has 0 unspecified atom stereocenters. The summed E-state index contributed by atoms with van der Waals surface area (Å²) in [7, 11) is 0. The molecule has 2 aromatic heterocycles. The molecule has 2 aromatic rings. The molecule has 7 nitrogen and oxygen atoms in total. The lowest BCUT2D eigenvalue weighted by Gasteiger charge is -2.37. The molecule has 1 aliphatic rings. The van der Waals surface area contributed by atoms with E-state index in [1.165, 1.54) is 0 Å². The van der Waals surface area contributed by atoms with Gasteiger partial charge in [0.15, 0.2) is 5.69 Å². The van der Waals surface area contributed by atoms with Crippen molar-refractivity contribution in [3.05, 3.63) is 42.0 Å².